The van der Waals surface area contributed by atoms with Gasteiger partial charge in [-0.2, -0.15) is 0 Å². The van der Waals surface area contributed by atoms with Crippen molar-refractivity contribution in [2.75, 3.05) is 25.5 Å². The van der Waals surface area contributed by atoms with Gasteiger partial charge in [0.2, 0.25) is 5.91 Å². The van der Waals surface area contributed by atoms with Gasteiger partial charge in [0.15, 0.2) is 0 Å². The van der Waals surface area contributed by atoms with E-state index in [1.54, 1.807) is 12.1 Å². The molecule has 128 valence electrons. The van der Waals surface area contributed by atoms with E-state index in [0.717, 1.165) is 0 Å². The molecule has 0 aliphatic carbocycles. The highest BCUT2D eigenvalue weighted by atomic mass is 16.5. The fourth-order valence-electron chi connectivity index (χ4n) is 2.57. The van der Waals surface area contributed by atoms with Crippen LogP contribution in [0.15, 0.2) is 24.3 Å². The van der Waals surface area contributed by atoms with E-state index in [0.29, 0.717) is 25.9 Å². The van der Waals surface area contributed by atoms with Crippen LogP contribution in [0.5, 0.6) is 0 Å². The summed E-state index contributed by atoms with van der Waals surface area (Å²) in [4.78, 5) is 48.5. The monoisotopic (exact) mass is 333 g/mol. The predicted octanol–water partition coefficient (Wildman–Crippen LogP) is 0.136. The largest absolute Gasteiger partial charge is 0.465 e. The summed E-state index contributed by atoms with van der Waals surface area (Å²) >= 11 is 0. The zero-order chi connectivity index (χ0) is 17.7. The van der Waals surface area contributed by atoms with Crippen LogP contribution in [0.3, 0.4) is 0 Å². The summed E-state index contributed by atoms with van der Waals surface area (Å²) in [5, 5.41) is 2.43. The van der Waals surface area contributed by atoms with Gasteiger partial charge in [0, 0.05) is 19.0 Å². The number of methoxy groups -OCH3 is 1. The van der Waals surface area contributed by atoms with E-state index in [2.05, 4.69) is 10.1 Å². The maximum absolute atomic E-state index is 12.2. The number of carbonyl (C=O) groups is 4. The molecule has 2 rings (SSSR count). The van der Waals surface area contributed by atoms with E-state index in [4.69, 9.17) is 5.73 Å². The summed E-state index contributed by atoms with van der Waals surface area (Å²) in [5.74, 6) is -2.82. The highest BCUT2D eigenvalue weighted by Gasteiger charge is 2.29. The van der Waals surface area contributed by atoms with Crippen molar-refractivity contribution in [3.63, 3.8) is 0 Å². The molecule has 1 aromatic rings. The van der Waals surface area contributed by atoms with Crippen molar-refractivity contribution >= 4 is 29.4 Å². The van der Waals surface area contributed by atoms with Crippen molar-refractivity contribution in [3.05, 3.63) is 29.8 Å². The number of benzene rings is 1. The van der Waals surface area contributed by atoms with E-state index < -0.39 is 23.7 Å². The fourth-order valence-corrected chi connectivity index (χ4v) is 2.57. The second kappa shape index (κ2) is 7.58. The first kappa shape index (κ1) is 17.5. The van der Waals surface area contributed by atoms with Gasteiger partial charge in [-0.25, -0.2) is 4.79 Å². The lowest BCUT2D eigenvalue weighted by molar-refractivity contribution is -0.144. The van der Waals surface area contributed by atoms with Gasteiger partial charge in [-0.15, -0.1) is 0 Å². The lowest BCUT2D eigenvalue weighted by Crippen LogP contribution is -2.46. The third kappa shape index (κ3) is 3.89. The Morgan fingerprint density at radius 2 is 1.79 bits per heavy atom. The second-order valence-corrected chi connectivity index (χ2v) is 5.46. The molecular formula is C16H19N3O5. The normalized spacial score (nSPS) is 14.8. The Bertz CT molecular complexity index is 665. The average molecular weight is 333 g/mol. The molecule has 0 aromatic heterocycles. The molecule has 0 atom stereocenters. The summed E-state index contributed by atoms with van der Waals surface area (Å²) in [5.41, 5.74) is 5.61. The number of nitrogens with two attached hydrogens (primary N) is 1. The molecule has 1 saturated heterocycles. The van der Waals surface area contributed by atoms with Gasteiger partial charge in [-0.1, -0.05) is 12.1 Å². The van der Waals surface area contributed by atoms with Crippen LogP contribution >= 0.6 is 0 Å². The molecule has 1 aliphatic rings. The van der Waals surface area contributed by atoms with Gasteiger partial charge in [0.05, 0.1) is 18.4 Å². The number of nitrogens with zero attached hydrogens (tertiary/aromatic N) is 1. The summed E-state index contributed by atoms with van der Waals surface area (Å²) < 4.78 is 4.64. The Kier molecular flexibility index (Phi) is 5.51. The summed E-state index contributed by atoms with van der Waals surface area (Å²) in [6.45, 7) is 0.580. The molecule has 1 aliphatic heterocycles. The summed E-state index contributed by atoms with van der Waals surface area (Å²) in [6.07, 6.45) is 0.875. The van der Waals surface area contributed by atoms with Gasteiger partial charge in [-0.3, -0.25) is 14.4 Å². The van der Waals surface area contributed by atoms with E-state index >= 15 is 0 Å². The molecule has 1 aromatic carbocycles. The first-order valence-corrected chi connectivity index (χ1v) is 7.51. The molecule has 3 amide bonds. The number of piperidine rings is 1. The quantitative estimate of drug-likeness (QED) is 0.602. The number of anilines is 1. The lowest BCUT2D eigenvalue weighted by Gasteiger charge is -2.30. The molecule has 1 heterocycles. The highest BCUT2D eigenvalue weighted by molar-refractivity contribution is 6.39. The van der Waals surface area contributed by atoms with Crippen molar-refractivity contribution in [1.82, 2.24) is 4.90 Å². The van der Waals surface area contributed by atoms with Crippen LogP contribution in [0.4, 0.5) is 5.69 Å². The number of hydrogen-bond acceptors (Lipinski definition) is 5. The standard InChI is InChI=1S/C16H19N3O5/c1-24-16(23)11-4-2-3-5-12(11)18-14(21)15(22)19-8-6-10(7-9-19)13(17)20/h2-5,10H,6-9H2,1H3,(H2,17,20)(H,18,21). The fraction of sp³-hybridized carbons (Fsp3) is 0.375. The van der Waals surface area contributed by atoms with Gasteiger partial charge in [-0.05, 0) is 25.0 Å². The summed E-state index contributed by atoms with van der Waals surface area (Å²) in [7, 11) is 1.23. The van der Waals surface area contributed by atoms with Crippen molar-refractivity contribution in [2.24, 2.45) is 11.7 Å². The third-order valence-electron chi connectivity index (χ3n) is 3.96. The van der Waals surface area contributed by atoms with Crippen molar-refractivity contribution in [1.29, 1.82) is 0 Å². The molecular weight excluding hydrogens is 314 g/mol. The zero-order valence-electron chi connectivity index (χ0n) is 13.3. The van der Waals surface area contributed by atoms with Crippen LogP contribution in [0.1, 0.15) is 23.2 Å². The number of carbonyl (C=O) groups excluding carboxylic acids is 4. The Balaban J connectivity index is 2.02. The maximum Gasteiger partial charge on any atom is 0.339 e. The Morgan fingerprint density at radius 3 is 2.38 bits per heavy atom. The number of hydrogen-bond donors (Lipinski definition) is 2. The number of likely N-dealkylation sites (tertiary alicyclic amines) is 1. The first-order valence-electron chi connectivity index (χ1n) is 7.51. The third-order valence-corrected chi connectivity index (χ3v) is 3.96. The van der Waals surface area contributed by atoms with Crippen LogP contribution in [0.2, 0.25) is 0 Å². The van der Waals surface area contributed by atoms with Gasteiger partial charge in [0.25, 0.3) is 0 Å². The Labute approximate surface area is 138 Å². The minimum atomic E-state index is -0.844. The van der Waals surface area contributed by atoms with E-state index in [1.165, 1.54) is 24.1 Å². The molecule has 3 N–H and O–H groups in total. The van der Waals surface area contributed by atoms with Crippen LogP contribution < -0.4 is 11.1 Å². The highest BCUT2D eigenvalue weighted by Crippen LogP contribution is 2.19. The molecule has 24 heavy (non-hydrogen) atoms. The lowest BCUT2D eigenvalue weighted by atomic mass is 9.96. The van der Waals surface area contributed by atoms with E-state index in [9.17, 15) is 19.2 Å². The Morgan fingerprint density at radius 1 is 1.17 bits per heavy atom. The van der Waals surface area contributed by atoms with Gasteiger partial charge >= 0.3 is 17.8 Å². The zero-order valence-corrected chi connectivity index (χ0v) is 13.3. The van der Waals surface area contributed by atoms with Crippen molar-refractivity contribution in [3.8, 4) is 0 Å². The maximum atomic E-state index is 12.2. The number of primary amides is 1. The molecule has 0 radical (unpaired) electrons. The van der Waals surface area contributed by atoms with E-state index in [-0.39, 0.29) is 17.2 Å². The molecule has 0 spiro atoms. The molecule has 0 saturated carbocycles. The van der Waals surface area contributed by atoms with Crippen LogP contribution in [0, 0.1) is 5.92 Å². The van der Waals surface area contributed by atoms with Crippen LogP contribution in [0.25, 0.3) is 0 Å². The molecule has 8 heteroatoms. The predicted molar refractivity (Wildman–Crippen MR) is 84.9 cm³/mol. The molecule has 1 fully saturated rings. The number of rotatable bonds is 3. The molecule has 0 bridgehead atoms. The molecule has 0 unspecified atom stereocenters. The molecule has 8 nitrogen and oxygen atoms in total. The van der Waals surface area contributed by atoms with Gasteiger partial charge in [0.1, 0.15) is 0 Å². The van der Waals surface area contributed by atoms with E-state index in [1.807, 2.05) is 0 Å². The second-order valence-electron chi connectivity index (χ2n) is 5.46. The Hall–Kier alpha value is -2.90. The average Bonchev–Trinajstić information content (AvgIpc) is 2.60. The number of esters is 1. The minimum absolute atomic E-state index is 0.161. The van der Waals surface area contributed by atoms with Crippen LogP contribution in [-0.4, -0.2) is 48.8 Å². The summed E-state index contributed by atoms with van der Waals surface area (Å²) in [6, 6.07) is 6.25. The smallest absolute Gasteiger partial charge is 0.339 e. The topological polar surface area (TPSA) is 119 Å². The number of nitrogens with one attached hydrogen (secondary N) is 1. The van der Waals surface area contributed by atoms with Crippen LogP contribution in [-0.2, 0) is 19.1 Å². The number of para-hydroxylation sites is 1. The number of ether oxygens (including phenoxy) is 1. The van der Waals surface area contributed by atoms with Crippen molar-refractivity contribution < 1.29 is 23.9 Å². The van der Waals surface area contributed by atoms with Crippen molar-refractivity contribution in [2.45, 2.75) is 12.8 Å². The number of amides is 3. The SMILES string of the molecule is COC(=O)c1ccccc1NC(=O)C(=O)N1CCC(C(N)=O)CC1. The minimum Gasteiger partial charge on any atom is -0.465 e. The first-order chi connectivity index (χ1) is 11.4. The van der Waals surface area contributed by atoms with Gasteiger partial charge < -0.3 is 20.7 Å².